The molecule has 1 N–H and O–H groups in total. The monoisotopic (exact) mass is 213 g/mol. The van der Waals surface area contributed by atoms with Crippen LogP contribution >= 0.6 is 0 Å². The van der Waals surface area contributed by atoms with Gasteiger partial charge in [0.05, 0.1) is 6.42 Å². The van der Waals surface area contributed by atoms with E-state index >= 15 is 0 Å². The maximum atomic E-state index is 11.6. The number of rotatable bonds is 4. The molecule has 1 heterocycles. The Kier molecular flexibility index (Phi) is 3.44. The molecule has 1 saturated heterocycles. The fourth-order valence-corrected chi connectivity index (χ4v) is 1.81. The van der Waals surface area contributed by atoms with Gasteiger partial charge in [-0.2, -0.15) is 0 Å². The van der Waals surface area contributed by atoms with E-state index in [0.717, 1.165) is 4.90 Å². The quantitative estimate of drug-likeness (QED) is 0.695. The molecular formula is C10H15NO4. The minimum atomic E-state index is -0.984. The zero-order valence-electron chi connectivity index (χ0n) is 8.90. The zero-order chi connectivity index (χ0) is 11.6. The number of nitrogens with zero attached hydrogens (tertiary/aromatic N) is 1. The van der Waals surface area contributed by atoms with Crippen molar-refractivity contribution < 1.29 is 19.5 Å². The number of amides is 2. The van der Waals surface area contributed by atoms with Crippen molar-refractivity contribution in [1.29, 1.82) is 0 Å². The summed E-state index contributed by atoms with van der Waals surface area (Å²) in [6.07, 6.45) is 0.520. The highest BCUT2D eigenvalue weighted by Crippen LogP contribution is 2.23. The van der Waals surface area contributed by atoms with E-state index in [2.05, 4.69) is 0 Å². The first-order chi connectivity index (χ1) is 6.97. The van der Waals surface area contributed by atoms with Crippen LogP contribution < -0.4 is 0 Å². The van der Waals surface area contributed by atoms with Gasteiger partial charge >= 0.3 is 5.97 Å². The highest BCUT2D eigenvalue weighted by atomic mass is 16.4. The normalized spacial score (nSPS) is 23.3. The Balaban J connectivity index is 2.79. The molecule has 1 fully saturated rings. The molecule has 84 valence electrons. The Hall–Kier alpha value is -1.39. The fourth-order valence-electron chi connectivity index (χ4n) is 1.81. The van der Waals surface area contributed by atoms with Gasteiger partial charge < -0.3 is 5.11 Å². The van der Waals surface area contributed by atoms with Crippen LogP contribution in [0.1, 0.15) is 33.1 Å². The fraction of sp³-hybridized carbons (Fsp3) is 0.700. The molecule has 0 aromatic heterocycles. The number of aliphatic carboxylic acids is 1. The predicted molar refractivity (Wildman–Crippen MR) is 52.0 cm³/mol. The molecule has 2 amide bonds. The van der Waals surface area contributed by atoms with Crippen molar-refractivity contribution in [1.82, 2.24) is 4.90 Å². The van der Waals surface area contributed by atoms with Crippen molar-refractivity contribution in [3.8, 4) is 0 Å². The van der Waals surface area contributed by atoms with E-state index in [4.69, 9.17) is 5.11 Å². The largest absolute Gasteiger partial charge is 0.481 e. The van der Waals surface area contributed by atoms with Gasteiger partial charge in [-0.1, -0.05) is 13.8 Å². The lowest BCUT2D eigenvalue weighted by Crippen LogP contribution is -2.41. The Morgan fingerprint density at radius 2 is 2.20 bits per heavy atom. The van der Waals surface area contributed by atoms with Crippen LogP contribution in [0.4, 0.5) is 0 Å². The number of hydrogen-bond donors (Lipinski definition) is 1. The second-order valence-corrected chi connectivity index (χ2v) is 3.87. The third-order valence-corrected chi connectivity index (χ3v) is 2.66. The van der Waals surface area contributed by atoms with E-state index in [1.54, 1.807) is 13.8 Å². The molecule has 5 nitrogen and oxygen atoms in total. The molecular weight excluding hydrogens is 198 g/mol. The molecule has 2 unspecified atom stereocenters. The first-order valence-corrected chi connectivity index (χ1v) is 5.05. The number of carboxylic acid groups (broad SMARTS) is 1. The van der Waals surface area contributed by atoms with E-state index in [1.807, 2.05) is 0 Å². The maximum absolute atomic E-state index is 11.6. The Bertz CT molecular complexity index is 300. The molecule has 0 aliphatic carbocycles. The molecule has 0 aromatic rings. The second kappa shape index (κ2) is 4.42. The molecule has 0 radical (unpaired) electrons. The van der Waals surface area contributed by atoms with Crippen LogP contribution in [0.3, 0.4) is 0 Å². The number of carbonyl (C=O) groups excluding carboxylic acids is 2. The number of carboxylic acids is 1. The highest BCUT2D eigenvalue weighted by molar-refractivity contribution is 6.03. The zero-order valence-corrected chi connectivity index (χ0v) is 8.90. The summed E-state index contributed by atoms with van der Waals surface area (Å²) < 4.78 is 0. The van der Waals surface area contributed by atoms with Gasteiger partial charge in [0.1, 0.15) is 0 Å². The van der Waals surface area contributed by atoms with Gasteiger partial charge in [-0.3, -0.25) is 19.3 Å². The first kappa shape index (κ1) is 11.7. The third-order valence-electron chi connectivity index (χ3n) is 2.66. The maximum Gasteiger partial charge on any atom is 0.305 e. The molecule has 0 saturated carbocycles. The summed E-state index contributed by atoms with van der Waals surface area (Å²) in [5.74, 6) is -1.78. The predicted octanol–water partition coefficient (Wildman–Crippen LogP) is 0.635. The van der Waals surface area contributed by atoms with Crippen LogP contribution in [0, 0.1) is 5.92 Å². The molecule has 0 aromatic carbocycles. The molecule has 1 rings (SSSR count). The van der Waals surface area contributed by atoms with Crippen molar-refractivity contribution in [2.45, 2.75) is 39.2 Å². The van der Waals surface area contributed by atoms with Crippen molar-refractivity contribution in [3.63, 3.8) is 0 Å². The molecule has 5 heteroatoms. The van der Waals surface area contributed by atoms with Crippen LogP contribution in [-0.2, 0) is 14.4 Å². The summed E-state index contributed by atoms with van der Waals surface area (Å²) in [7, 11) is 0. The Morgan fingerprint density at radius 3 is 2.53 bits per heavy atom. The first-order valence-electron chi connectivity index (χ1n) is 5.05. The molecule has 1 aliphatic heterocycles. The van der Waals surface area contributed by atoms with Gasteiger partial charge in [-0.15, -0.1) is 0 Å². The van der Waals surface area contributed by atoms with Crippen LogP contribution in [0.2, 0.25) is 0 Å². The molecule has 0 spiro atoms. The molecule has 15 heavy (non-hydrogen) atoms. The van der Waals surface area contributed by atoms with Gasteiger partial charge in [-0.05, 0) is 6.42 Å². The number of imide groups is 1. The van der Waals surface area contributed by atoms with Crippen molar-refractivity contribution in [2.24, 2.45) is 5.92 Å². The van der Waals surface area contributed by atoms with Crippen molar-refractivity contribution in [3.05, 3.63) is 0 Å². The number of likely N-dealkylation sites (tertiary alicyclic amines) is 1. The summed E-state index contributed by atoms with van der Waals surface area (Å²) in [4.78, 5) is 34.8. The van der Waals surface area contributed by atoms with Gasteiger partial charge in [0.15, 0.2) is 0 Å². The van der Waals surface area contributed by atoms with Crippen LogP contribution in [-0.4, -0.2) is 33.8 Å². The summed E-state index contributed by atoms with van der Waals surface area (Å²) >= 11 is 0. The van der Waals surface area contributed by atoms with E-state index < -0.39 is 12.0 Å². The average molecular weight is 213 g/mol. The molecule has 1 aliphatic rings. The summed E-state index contributed by atoms with van der Waals surface area (Å²) in [6, 6.07) is -0.493. The smallest absolute Gasteiger partial charge is 0.305 e. The van der Waals surface area contributed by atoms with Crippen LogP contribution in [0.25, 0.3) is 0 Å². The number of hydrogen-bond acceptors (Lipinski definition) is 3. The van der Waals surface area contributed by atoms with Gasteiger partial charge in [0.25, 0.3) is 0 Å². The van der Waals surface area contributed by atoms with E-state index in [-0.39, 0.29) is 30.6 Å². The van der Waals surface area contributed by atoms with Crippen molar-refractivity contribution in [2.75, 3.05) is 0 Å². The van der Waals surface area contributed by atoms with Gasteiger partial charge in [-0.25, -0.2) is 0 Å². The second-order valence-electron chi connectivity index (χ2n) is 3.87. The minimum Gasteiger partial charge on any atom is -0.481 e. The lowest BCUT2D eigenvalue weighted by atomic mass is 10.1. The lowest BCUT2D eigenvalue weighted by molar-refractivity contribution is -0.145. The highest BCUT2D eigenvalue weighted by Gasteiger charge is 2.39. The van der Waals surface area contributed by atoms with E-state index in [0.29, 0.717) is 6.42 Å². The summed E-state index contributed by atoms with van der Waals surface area (Å²) in [5, 5.41) is 8.66. The van der Waals surface area contributed by atoms with Crippen LogP contribution in [0.15, 0.2) is 0 Å². The van der Waals surface area contributed by atoms with E-state index in [9.17, 15) is 14.4 Å². The van der Waals surface area contributed by atoms with Crippen LogP contribution in [0.5, 0.6) is 0 Å². The number of carbonyl (C=O) groups is 3. The SMILES string of the molecule is CCC(CC(=O)O)N1C(=O)CC(C)C1=O. The third kappa shape index (κ3) is 2.34. The summed E-state index contributed by atoms with van der Waals surface area (Å²) in [5.41, 5.74) is 0. The Labute approximate surface area is 88.1 Å². The molecule has 2 atom stereocenters. The van der Waals surface area contributed by atoms with Gasteiger partial charge in [0, 0.05) is 18.4 Å². The molecule has 0 bridgehead atoms. The van der Waals surface area contributed by atoms with E-state index in [1.165, 1.54) is 0 Å². The topological polar surface area (TPSA) is 74.7 Å². The average Bonchev–Trinajstić information content (AvgIpc) is 2.38. The standard InChI is InChI=1S/C10H15NO4/c1-3-7(5-9(13)14)11-8(12)4-6(2)10(11)15/h6-7H,3-5H2,1-2H3,(H,13,14). The summed E-state index contributed by atoms with van der Waals surface area (Å²) in [6.45, 7) is 3.46. The minimum absolute atomic E-state index is 0.166. The van der Waals surface area contributed by atoms with Gasteiger partial charge in [0.2, 0.25) is 11.8 Å². The van der Waals surface area contributed by atoms with Crippen molar-refractivity contribution >= 4 is 17.8 Å². The Morgan fingerprint density at radius 1 is 1.60 bits per heavy atom. The lowest BCUT2D eigenvalue weighted by Gasteiger charge is -2.23.